The molecule has 0 bridgehead atoms. The van der Waals surface area contributed by atoms with Crippen molar-refractivity contribution in [1.29, 1.82) is 5.26 Å². The molecule has 0 unspecified atom stereocenters. The van der Waals surface area contributed by atoms with Crippen LogP contribution in [-0.4, -0.2) is 9.97 Å². The number of rotatable bonds is 2. The highest BCUT2D eigenvalue weighted by Gasteiger charge is 2.15. The lowest BCUT2D eigenvalue weighted by Crippen LogP contribution is -2.00. The van der Waals surface area contributed by atoms with Crippen LogP contribution in [0.2, 0.25) is 0 Å². The fraction of sp³-hybridized carbons (Fsp3) is 0. The minimum Gasteiger partial charge on any atom is -0.383 e. The molecule has 2 N–H and O–H groups in total. The summed E-state index contributed by atoms with van der Waals surface area (Å²) in [5.74, 6) is -1.93. The molecule has 2 heterocycles. The minimum atomic E-state index is -0.996. The number of anilines is 1. The fourth-order valence-corrected chi connectivity index (χ4v) is 2.24. The molecule has 0 saturated carbocycles. The SMILES string of the molecule is N#Cc1c(-c2ccc(F)c(F)c2)cc(-c2cccnc2)nc1N. The molecule has 4 nitrogen and oxygen atoms in total. The highest BCUT2D eigenvalue weighted by molar-refractivity contribution is 5.79. The molecule has 0 radical (unpaired) electrons. The molecule has 0 fully saturated rings. The van der Waals surface area contributed by atoms with Gasteiger partial charge in [-0.1, -0.05) is 6.07 Å². The minimum absolute atomic E-state index is 0.0218. The number of benzene rings is 1. The van der Waals surface area contributed by atoms with Gasteiger partial charge in [-0.25, -0.2) is 13.8 Å². The third-order valence-electron chi connectivity index (χ3n) is 3.35. The van der Waals surface area contributed by atoms with Gasteiger partial charge in [-0.15, -0.1) is 0 Å². The van der Waals surface area contributed by atoms with Gasteiger partial charge in [-0.3, -0.25) is 4.98 Å². The Morgan fingerprint density at radius 1 is 1.04 bits per heavy atom. The predicted molar refractivity (Wildman–Crippen MR) is 81.9 cm³/mol. The van der Waals surface area contributed by atoms with Crippen molar-refractivity contribution in [3.8, 4) is 28.5 Å². The summed E-state index contributed by atoms with van der Waals surface area (Å²) in [6.45, 7) is 0. The molecule has 0 spiro atoms. The van der Waals surface area contributed by atoms with Crippen molar-refractivity contribution >= 4 is 5.82 Å². The first kappa shape index (κ1) is 14.6. The number of halogens is 2. The van der Waals surface area contributed by atoms with Gasteiger partial charge in [0.2, 0.25) is 0 Å². The molecule has 112 valence electrons. The van der Waals surface area contributed by atoms with E-state index in [4.69, 9.17) is 5.73 Å². The van der Waals surface area contributed by atoms with Gasteiger partial charge in [0.05, 0.1) is 5.69 Å². The monoisotopic (exact) mass is 308 g/mol. The zero-order chi connectivity index (χ0) is 16.4. The lowest BCUT2D eigenvalue weighted by molar-refractivity contribution is 0.509. The Bertz CT molecular complexity index is 918. The molecule has 0 aliphatic rings. The van der Waals surface area contributed by atoms with Crippen LogP contribution >= 0.6 is 0 Å². The van der Waals surface area contributed by atoms with E-state index in [1.807, 2.05) is 6.07 Å². The summed E-state index contributed by atoms with van der Waals surface area (Å²) in [6.07, 6.45) is 3.22. The van der Waals surface area contributed by atoms with E-state index in [9.17, 15) is 14.0 Å². The van der Waals surface area contributed by atoms with E-state index in [1.54, 1.807) is 30.6 Å². The van der Waals surface area contributed by atoms with Crippen molar-refractivity contribution < 1.29 is 8.78 Å². The number of hydrogen-bond donors (Lipinski definition) is 1. The van der Waals surface area contributed by atoms with Crippen LogP contribution in [0.3, 0.4) is 0 Å². The summed E-state index contributed by atoms with van der Waals surface area (Å²) < 4.78 is 26.6. The molecular formula is C17H10F2N4. The van der Waals surface area contributed by atoms with E-state index >= 15 is 0 Å². The predicted octanol–water partition coefficient (Wildman–Crippen LogP) is 3.54. The topological polar surface area (TPSA) is 75.6 Å². The largest absolute Gasteiger partial charge is 0.383 e. The number of pyridine rings is 2. The van der Waals surface area contributed by atoms with Crippen molar-refractivity contribution in [2.45, 2.75) is 0 Å². The van der Waals surface area contributed by atoms with Gasteiger partial charge in [0.25, 0.3) is 0 Å². The van der Waals surface area contributed by atoms with Crippen LogP contribution in [0.4, 0.5) is 14.6 Å². The second kappa shape index (κ2) is 5.81. The summed E-state index contributed by atoms with van der Waals surface area (Å²) in [6, 6.07) is 10.5. The van der Waals surface area contributed by atoms with E-state index in [2.05, 4.69) is 9.97 Å². The first-order valence-electron chi connectivity index (χ1n) is 6.66. The molecule has 23 heavy (non-hydrogen) atoms. The lowest BCUT2D eigenvalue weighted by Gasteiger charge is -2.10. The van der Waals surface area contributed by atoms with Gasteiger partial charge in [0.15, 0.2) is 11.6 Å². The summed E-state index contributed by atoms with van der Waals surface area (Å²) in [7, 11) is 0. The summed E-state index contributed by atoms with van der Waals surface area (Å²) in [4.78, 5) is 8.19. The maximum absolute atomic E-state index is 13.5. The summed E-state index contributed by atoms with van der Waals surface area (Å²) in [5, 5.41) is 9.30. The van der Waals surface area contributed by atoms with Crippen molar-refractivity contribution in [2.24, 2.45) is 0 Å². The Labute approximate surface area is 130 Å². The van der Waals surface area contributed by atoms with Crippen LogP contribution in [0, 0.1) is 23.0 Å². The smallest absolute Gasteiger partial charge is 0.159 e. The Morgan fingerprint density at radius 2 is 1.87 bits per heavy atom. The summed E-state index contributed by atoms with van der Waals surface area (Å²) >= 11 is 0. The maximum atomic E-state index is 13.5. The Kier molecular flexibility index (Phi) is 3.69. The molecule has 0 atom stereocenters. The molecule has 0 amide bonds. The van der Waals surface area contributed by atoms with Crippen LogP contribution in [0.15, 0.2) is 48.8 Å². The van der Waals surface area contributed by atoms with Crippen molar-refractivity contribution in [1.82, 2.24) is 9.97 Å². The average molecular weight is 308 g/mol. The third kappa shape index (κ3) is 2.72. The second-order valence-electron chi connectivity index (χ2n) is 4.80. The molecule has 1 aromatic carbocycles. The third-order valence-corrected chi connectivity index (χ3v) is 3.35. The second-order valence-corrected chi connectivity index (χ2v) is 4.80. The molecular weight excluding hydrogens is 298 g/mol. The van der Waals surface area contributed by atoms with E-state index in [-0.39, 0.29) is 11.4 Å². The first-order chi connectivity index (χ1) is 11.1. The number of nitrogens with zero attached hydrogens (tertiary/aromatic N) is 3. The van der Waals surface area contributed by atoms with Gasteiger partial charge < -0.3 is 5.73 Å². The van der Waals surface area contributed by atoms with Crippen LogP contribution in [0.1, 0.15) is 5.56 Å². The van der Waals surface area contributed by atoms with Crippen molar-refractivity contribution in [3.05, 3.63) is 66.0 Å². The van der Waals surface area contributed by atoms with E-state index in [0.717, 1.165) is 12.1 Å². The van der Waals surface area contributed by atoms with Gasteiger partial charge in [0.1, 0.15) is 17.5 Å². The standard InChI is InChI=1S/C17H10F2N4/c18-14-4-3-10(6-15(14)19)12-7-16(11-2-1-5-22-9-11)23-17(21)13(12)8-20/h1-7,9H,(H2,21,23). The fourth-order valence-electron chi connectivity index (χ4n) is 2.24. The van der Waals surface area contributed by atoms with Crippen molar-refractivity contribution in [3.63, 3.8) is 0 Å². The van der Waals surface area contributed by atoms with Crippen LogP contribution in [-0.2, 0) is 0 Å². The Balaban J connectivity index is 2.24. The molecule has 0 saturated heterocycles. The first-order valence-corrected chi connectivity index (χ1v) is 6.66. The highest BCUT2D eigenvalue weighted by atomic mass is 19.2. The molecule has 3 aromatic rings. The Hall–Kier alpha value is -3.33. The lowest BCUT2D eigenvalue weighted by atomic mass is 9.98. The quantitative estimate of drug-likeness (QED) is 0.785. The molecule has 2 aromatic heterocycles. The van der Waals surface area contributed by atoms with Gasteiger partial charge in [-0.2, -0.15) is 5.26 Å². The average Bonchev–Trinajstić information content (AvgIpc) is 2.57. The van der Waals surface area contributed by atoms with Crippen LogP contribution in [0.25, 0.3) is 22.4 Å². The molecule has 3 rings (SSSR count). The zero-order valence-electron chi connectivity index (χ0n) is 11.8. The molecule has 0 aliphatic heterocycles. The molecule has 0 aliphatic carbocycles. The Morgan fingerprint density at radius 3 is 2.52 bits per heavy atom. The van der Waals surface area contributed by atoms with Gasteiger partial charge >= 0.3 is 0 Å². The van der Waals surface area contributed by atoms with Crippen LogP contribution < -0.4 is 5.73 Å². The van der Waals surface area contributed by atoms with Crippen molar-refractivity contribution in [2.75, 3.05) is 5.73 Å². The van der Waals surface area contributed by atoms with E-state index < -0.39 is 11.6 Å². The number of aromatic nitrogens is 2. The normalized spacial score (nSPS) is 10.3. The number of nitrogen functional groups attached to an aromatic ring is 1. The number of nitriles is 1. The van der Waals surface area contributed by atoms with Gasteiger partial charge in [-0.05, 0) is 35.9 Å². The zero-order valence-corrected chi connectivity index (χ0v) is 11.8. The van der Waals surface area contributed by atoms with Gasteiger partial charge in [0, 0.05) is 23.5 Å². The molecule has 6 heteroatoms. The number of hydrogen-bond acceptors (Lipinski definition) is 4. The number of nitrogens with two attached hydrogens (primary N) is 1. The van der Waals surface area contributed by atoms with Crippen LogP contribution in [0.5, 0.6) is 0 Å². The van der Waals surface area contributed by atoms with E-state index in [1.165, 1.54) is 6.07 Å². The van der Waals surface area contributed by atoms with E-state index in [0.29, 0.717) is 22.4 Å². The maximum Gasteiger partial charge on any atom is 0.159 e. The highest BCUT2D eigenvalue weighted by Crippen LogP contribution is 2.31. The summed E-state index contributed by atoms with van der Waals surface area (Å²) in [5.41, 5.74) is 7.90.